The Morgan fingerprint density at radius 3 is 1.50 bits per heavy atom. The van der Waals surface area contributed by atoms with Gasteiger partial charge in [-0.1, -0.05) is 29.5 Å². The second-order valence-electron chi connectivity index (χ2n) is 0.267. The highest BCUT2D eigenvalue weighted by atomic mass is 127. The van der Waals surface area contributed by atoms with Gasteiger partial charge >= 0.3 is 0 Å². The summed E-state index contributed by atoms with van der Waals surface area (Å²) in [5.41, 5.74) is 0. The molecule has 0 saturated carbocycles. The van der Waals surface area contributed by atoms with E-state index in [-0.39, 0.29) is 5.48 Å². The molecule has 0 aromatic rings. The molecule has 2 N–H and O–H groups in total. The van der Waals surface area contributed by atoms with Gasteiger partial charge < -0.3 is 5.48 Å². The molecule has 6 heavy (non-hydrogen) atoms. The minimum atomic E-state index is 0. The van der Waals surface area contributed by atoms with Crippen LogP contribution in [0.25, 0.3) is 0 Å². The summed E-state index contributed by atoms with van der Waals surface area (Å²) < 4.78 is 1.22. The van der Waals surface area contributed by atoms with Crippen molar-refractivity contribution in [2.45, 2.75) is 6.92 Å². The van der Waals surface area contributed by atoms with E-state index in [0.717, 1.165) is 0 Å². The normalized spacial score (nSPS) is 3.67. The summed E-state index contributed by atoms with van der Waals surface area (Å²) in [5, 5.41) is 0. The maximum atomic E-state index is 3.00. The van der Waals surface area contributed by atoms with Crippen LogP contribution in [0.3, 0.4) is 0 Å². The van der Waals surface area contributed by atoms with Crippen LogP contribution in [0.2, 0.25) is 0 Å². The van der Waals surface area contributed by atoms with E-state index in [1.54, 1.807) is 0 Å². The van der Waals surface area contributed by atoms with Crippen LogP contribution in [0.5, 0.6) is 0 Å². The largest absolute Gasteiger partial charge is 0.412 e. The van der Waals surface area contributed by atoms with E-state index in [2.05, 4.69) is 42.7 Å². The van der Waals surface area contributed by atoms with E-state index >= 15 is 0 Å². The lowest BCUT2D eigenvalue weighted by Crippen LogP contribution is -1.33. The number of hydrogen-bond donors (Lipinski definition) is 0. The van der Waals surface area contributed by atoms with E-state index in [0.29, 0.717) is 0 Å². The third-order valence-electron chi connectivity index (χ3n) is 0. The summed E-state index contributed by atoms with van der Waals surface area (Å²) in [4.78, 5) is 0. The van der Waals surface area contributed by atoms with Crippen molar-refractivity contribution in [3.8, 4) is 0 Å². The third-order valence-corrected chi connectivity index (χ3v) is 0. The molecule has 0 unspecified atom stereocenters. The van der Waals surface area contributed by atoms with Gasteiger partial charge in [0.25, 0.3) is 0 Å². The summed E-state index contributed by atoms with van der Waals surface area (Å²) >= 11 is 2.29. The first-order chi connectivity index (χ1) is 2.41. The molecule has 0 aromatic heterocycles. The number of alkyl halides is 1. The maximum absolute atomic E-state index is 3.00. The fourth-order valence-electron chi connectivity index (χ4n) is 0. The van der Waals surface area contributed by atoms with E-state index in [1.165, 1.54) is 4.43 Å². The topological polar surface area (TPSA) is 31.5 Å². The molecule has 0 radical (unpaired) electrons. The van der Waals surface area contributed by atoms with Gasteiger partial charge in [-0.3, -0.25) is 0 Å². The van der Waals surface area contributed by atoms with Gasteiger partial charge in [-0.05, 0) is 4.43 Å². The summed E-state index contributed by atoms with van der Waals surface area (Å²) in [7, 11) is 0. The molecular weight excluding hydrogens is 191 g/mol. The third kappa shape index (κ3) is 282. The van der Waals surface area contributed by atoms with Crippen LogP contribution in [-0.4, -0.2) is 9.90 Å². The molecule has 0 rings (SSSR count). The van der Waals surface area contributed by atoms with Crippen molar-refractivity contribution in [2.24, 2.45) is 0 Å². The molecular formula is C4H11IO. The number of halogens is 1. The Bertz CT molecular complexity index is 11.5. The minimum absolute atomic E-state index is 0. The lowest BCUT2D eigenvalue weighted by atomic mass is 11.0. The van der Waals surface area contributed by atoms with Crippen LogP contribution in [0.4, 0.5) is 0 Å². The quantitative estimate of drug-likeness (QED) is 0.323. The Morgan fingerprint density at radius 1 is 1.50 bits per heavy atom. The van der Waals surface area contributed by atoms with Crippen molar-refractivity contribution in [1.29, 1.82) is 0 Å². The summed E-state index contributed by atoms with van der Waals surface area (Å²) in [6.45, 7) is 8.11. The van der Waals surface area contributed by atoms with Gasteiger partial charge in [0.2, 0.25) is 0 Å². The minimum Gasteiger partial charge on any atom is -0.412 e. The first kappa shape index (κ1) is 16.1. The highest BCUT2D eigenvalue weighted by Gasteiger charge is 1.38. The SMILES string of the molecule is C=C.CCI.O. The maximum Gasteiger partial charge on any atom is -0.00332 e. The Balaban J connectivity index is -0.0000000275. The van der Waals surface area contributed by atoms with Gasteiger partial charge in [-0.25, -0.2) is 0 Å². The monoisotopic (exact) mass is 202 g/mol. The molecule has 0 aromatic carbocycles. The van der Waals surface area contributed by atoms with Gasteiger partial charge in [-0.15, -0.1) is 13.2 Å². The molecule has 0 spiro atoms. The van der Waals surface area contributed by atoms with Crippen LogP contribution in [0.1, 0.15) is 6.92 Å². The lowest BCUT2D eigenvalue weighted by Gasteiger charge is -1.45. The van der Waals surface area contributed by atoms with Gasteiger partial charge in [0, 0.05) is 0 Å². The first-order valence-corrected chi connectivity index (χ1v) is 3.00. The summed E-state index contributed by atoms with van der Waals surface area (Å²) in [6.07, 6.45) is 0. The Labute approximate surface area is 52.9 Å². The van der Waals surface area contributed by atoms with Crippen molar-refractivity contribution in [2.75, 3.05) is 4.43 Å². The standard InChI is InChI=1S/C2H5I.C2H4.H2O/c1-2-3;1-2;/h2H2,1H3;1-2H2;1H2. The number of rotatable bonds is 0. The highest BCUT2D eigenvalue weighted by molar-refractivity contribution is 14.1. The van der Waals surface area contributed by atoms with Crippen molar-refractivity contribution >= 4 is 22.6 Å². The van der Waals surface area contributed by atoms with E-state index in [9.17, 15) is 0 Å². The molecule has 2 heteroatoms. The van der Waals surface area contributed by atoms with Crippen molar-refractivity contribution in [3.05, 3.63) is 13.2 Å². The smallest absolute Gasteiger partial charge is 0.00332 e. The molecule has 0 saturated heterocycles. The Morgan fingerprint density at radius 2 is 1.50 bits per heavy atom. The van der Waals surface area contributed by atoms with Crippen LogP contribution in [-0.2, 0) is 0 Å². The average molecular weight is 202 g/mol. The van der Waals surface area contributed by atoms with Gasteiger partial charge in [-0.2, -0.15) is 0 Å². The molecule has 0 aliphatic heterocycles. The molecule has 40 valence electrons. The molecule has 0 aliphatic carbocycles. The summed E-state index contributed by atoms with van der Waals surface area (Å²) in [6, 6.07) is 0. The zero-order chi connectivity index (χ0) is 4.71. The van der Waals surface area contributed by atoms with Crippen LogP contribution >= 0.6 is 22.6 Å². The zero-order valence-electron chi connectivity index (χ0n) is 4.00. The Kier molecular flexibility index (Phi) is 140. The fraction of sp³-hybridized carbons (Fsp3) is 0.500. The van der Waals surface area contributed by atoms with Gasteiger partial charge in [0.1, 0.15) is 0 Å². The van der Waals surface area contributed by atoms with E-state index in [4.69, 9.17) is 0 Å². The van der Waals surface area contributed by atoms with E-state index < -0.39 is 0 Å². The van der Waals surface area contributed by atoms with Crippen LogP contribution < -0.4 is 0 Å². The molecule has 0 heterocycles. The van der Waals surface area contributed by atoms with Gasteiger partial charge in [0.15, 0.2) is 0 Å². The molecule has 0 atom stereocenters. The molecule has 0 bridgehead atoms. The van der Waals surface area contributed by atoms with Crippen LogP contribution in [0.15, 0.2) is 13.2 Å². The average Bonchev–Trinajstić information content (AvgIpc) is 1.46. The number of hydrogen-bond acceptors (Lipinski definition) is 0. The van der Waals surface area contributed by atoms with Crippen molar-refractivity contribution < 1.29 is 5.48 Å². The molecule has 0 amide bonds. The van der Waals surface area contributed by atoms with Crippen LogP contribution in [0, 0.1) is 0 Å². The first-order valence-electron chi connectivity index (χ1n) is 1.47. The predicted molar refractivity (Wildman–Crippen MR) is 39.4 cm³/mol. The molecule has 1 nitrogen and oxygen atoms in total. The zero-order valence-corrected chi connectivity index (χ0v) is 6.16. The van der Waals surface area contributed by atoms with Gasteiger partial charge in [0.05, 0.1) is 0 Å². The highest BCUT2D eigenvalue weighted by Crippen LogP contribution is 1.69. The van der Waals surface area contributed by atoms with Crippen molar-refractivity contribution in [1.82, 2.24) is 0 Å². The second kappa shape index (κ2) is 52.1. The lowest BCUT2D eigenvalue weighted by molar-refractivity contribution is 0.824. The summed E-state index contributed by atoms with van der Waals surface area (Å²) in [5.74, 6) is 0. The second-order valence-corrected chi connectivity index (χ2v) is 1.79. The molecule has 0 fully saturated rings. The Hall–Kier alpha value is 0.430. The van der Waals surface area contributed by atoms with Crippen molar-refractivity contribution in [3.63, 3.8) is 0 Å². The predicted octanol–water partition coefficient (Wildman–Crippen LogP) is 1.42. The fourth-order valence-corrected chi connectivity index (χ4v) is 0. The molecule has 0 aliphatic rings. The van der Waals surface area contributed by atoms with E-state index in [1.807, 2.05) is 0 Å².